The van der Waals surface area contributed by atoms with Crippen molar-refractivity contribution in [1.29, 1.82) is 0 Å². The van der Waals surface area contributed by atoms with Gasteiger partial charge in [0.05, 0.1) is 34.7 Å². The molecular weight excluding hydrogens is 445 g/mol. The highest BCUT2D eigenvalue weighted by Crippen LogP contribution is 2.41. The number of aliphatic hydroxyl groups is 1. The SMILES string of the molecule is CCc1c2c(nc3cc(F)c(C)c(NC(=O)COC)c13)-c1cc3c(c(=O)n1C2)COC(=O)C3O. The summed E-state index contributed by atoms with van der Waals surface area (Å²) in [5.41, 5.74) is 3.47. The number of ether oxygens (including phenoxy) is 2. The molecule has 0 radical (unpaired) electrons. The minimum atomic E-state index is -1.56. The Balaban J connectivity index is 1.78. The fraction of sp³-hybridized carbons (Fsp3) is 0.333. The van der Waals surface area contributed by atoms with Crippen molar-refractivity contribution in [2.45, 2.75) is 39.5 Å². The number of halogens is 1. The predicted octanol–water partition coefficient (Wildman–Crippen LogP) is 2.11. The number of aryl methyl sites for hydroxylation is 1. The molecule has 2 N–H and O–H groups in total. The van der Waals surface area contributed by atoms with Crippen molar-refractivity contribution in [3.63, 3.8) is 0 Å². The quantitative estimate of drug-likeness (QED) is 0.441. The standard InChI is InChI=1S/C24H22FN3O6/c1-4-11-13-7-28-17(5-12-14(23(28)31)8-34-24(32)22(12)30)21(13)26-16-6-15(25)10(2)20(19(11)16)27-18(29)9-33-3/h5-6,22,30H,4,7-9H2,1-3H3,(H,27,29). The molecule has 2 aliphatic rings. The molecule has 1 atom stereocenters. The third-order valence-corrected chi connectivity index (χ3v) is 6.45. The topological polar surface area (TPSA) is 120 Å². The number of cyclic esters (lactones) is 1. The van der Waals surface area contributed by atoms with Crippen LogP contribution in [0.15, 0.2) is 16.9 Å². The van der Waals surface area contributed by atoms with E-state index in [4.69, 9.17) is 9.47 Å². The molecule has 1 amide bonds. The van der Waals surface area contributed by atoms with Gasteiger partial charge < -0.3 is 24.5 Å². The van der Waals surface area contributed by atoms with Crippen LogP contribution in [0.25, 0.3) is 22.3 Å². The highest BCUT2D eigenvalue weighted by Gasteiger charge is 2.35. The van der Waals surface area contributed by atoms with Crippen LogP contribution in [0.4, 0.5) is 10.1 Å². The molecule has 4 heterocycles. The van der Waals surface area contributed by atoms with Crippen LogP contribution in [0.3, 0.4) is 0 Å². The Kier molecular flexibility index (Phi) is 5.22. The lowest BCUT2D eigenvalue weighted by atomic mass is 9.95. The van der Waals surface area contributed by atoms with Gasteiger partial charge in [-0.25, -0.2) is 14.2 Å². The molecule has 0 bridgehead atoms. The van der Waals surface area contributed by atoms with E-state index in [1.165, 1.54) is 17.7 Å². The normalized spacial score (nSPS) is 16.1. The van der Waals surface area contributed by atoms with Gasteiger partial charge in [0.2, 0.25) is 5.91 Å². The van der Waals surface area contributed by atoms with Crippen molar-refractivity contribution in [2.75, 3.05) is 19.0 Å². The van der Waals surface area contributed by atoms with Gasteiger partial charge in [-0.15, -0.1) is 0 Å². The molecule has 0 saturated heterocycles. The van der Waals surface area contributed by atoms with Gasteiger partial charge in [-0.3, -0.25) is 9.59 Å². The van der Waals surface area contributed by atoms with Crippen molar-refractivity contribution in [2.24, 2.45) is 0 Å². The average Bonchev–Trinajstić information content (AvgIpc) is 3.17. The Morgan fingerprint density at radius 1 is 1.35 bits per heavy atom. The van der Waals surface area contributed by atoms with Crippen LogP contribution in [-0.4, -0.2) is 40.3 Å². The third-order valence-electron chi connectivity index (χ3n) is 6.45. The number of rotatable bonds is 4. The number of carbonyl (C=O) groups is 2. The number of hydrogen-bond acceptors (Lipinski definition) is 7. The van der Waals surface area contributed by atoms with Crippen LogP contribution in [0.1, 0.15) is 40.8 Å². The molecule has 0 spiro atoms. The highest BCUT2D eigenvalue weighted by atomic mass is 19.1. The zero-order valence-electron chi connectivity index (χ0n) is 18.8. The second-order valence-corrected chi connectivity index (χ2v) is 8.37. The van der Waals surface area contributed by atoms with Gasteiger partial charge >= 0.3 is 5.97 Å². The smallest absolute Gasteiger partial charge is 0.340 e. The van der Waals surface area contributed by atoms with Gasteiger partial charge in [0.15, 0.2) is 6.10 Å². The van der Waals surface area contributed by atoms with E-state index in [0.717, 1.165) is 11.1 Å². The summed E-state index contributed by atoms with van der Waals surface area (Å²) in [4.78, 5) is 42.0. The van der Waals surface area contributed by atoms with E-state index in [9.17, 15) is 23.9 Å². The number of carbonyl (C=O) groups excluding carboxylic acids is 2. The molecule has 2 aliphatic heterocycles. The van der Waals surface area contributed by atoms with E-state index >= 15 is 0 Å². The summed E-state index contributed by atoms with van der Waals surface area (Å²) in [6, 6.07) is 2.89. The lowest BCUT2D eigenvalue weighted by Crippen LogP contribution is -2.32. The molecule has 1 aromatic carbocycles. The number of pyridine rings is 2. The van der Waals surface area contributed by atoms with Crippen LogP contribution in [0.5, 0.6) is 0 Å². The number of esters is 1. The molecule has 3 aromatic rings. The van der Waals surface area contributed by atoms with Gasteiger partial charge in [0.1, 0.15) is 19.0 Å². The van der Waals surface area contributed by atoms with Crippen molar-refractivity contribution in [3.8, 4) is 11.4 Å². The number of amides is 1. The summed E-state index contributed by atoms with van der Waals surface area (Å²) < 4.78 is 26.2. The zero-order chi connectivity index (χ0) is 24.3. The summed E-state index contributed by atoms with van der Waals surface area (Å²) in [6.07, 6.45) is -1.02. The Morgan fingerprint density at radius 3 is 2.82 bits per heavy atom. The van der Waals surface area contributed by atoms with E-state index in [1.807, 2.05) is 6.92 Å². The van der Waals surface area contributed by atoms with E-state index in [0.29, 0.717) is 34.4 Å². The van der Waals surface area contributed by atoms with Crippen LogP contribution in [-0.2, 0) is 38.6 Å². The Labute approximate surface area is 193 Å². The molecule has 1 unspecified atom stereocenters. The summed E-state index contributed by atoms with van der Waals surface area (Å²) in [7, 11) is 1.39. The van der Waals surface area contributed by atoms with Crippen LogP contribution >= 0.6 is 0 Å². The minimum Gasteiger partial charge on any atom is -0.458 e. The van der Waals surface area contributed by atoms with Crippen LogP contribution < -0.4 is 10.9 Å². The van der Waals surface area contributed by atoms with E-state index in [1.54, 1.807) is 13.0 Å². The molecule has 9 nitrogen and oxygen atoms in total. The lowest BCUT2D eigenvalue weighted by Gasteiger charge is -2.21. The second kappa shape index (κ2) is 8.00. The second-order valence-electron chi connectivity index (χ2n) is 8.37. The van der Waals surface area contributed by atoms with Crippen LogP contribution in [0.2, 0.25) is 0 Å². The molecule has 0 fully saturated rings. The number of methoxy groups -OCH3 is 1. The molecule has 2 aromatic heterocycles. The van der Waals surface area contributed by atoms with Crippen LogP contribution in [0, 0.1) is 12.7 Å². The van der Waals surface area contributed by atoms with E-state index in [-0.39, 0.29) is 42.0 Å². The maximum Gasteiger partial charge on any atom is 0.340 e. The first-order valence-corrected chi connectivity index (χ1v) is 10.8. The van der Waals surface area contributed by atoms with Gasteiger partial charge in [0.25, 0.3) is 5.56 Å². The number of fused-ring (bicyclic) bond motifs is 5. The minimum absolute atomic E-state index is 0.188. The first-order valence-electron chi connectivity index (χ1n) is 10.8. The first kappa shape index (κ1) is 22.2. The molecule has 0 saturated carbocycles. The van der Waals surface area contributed by atoms with Crippen molar-refractivity contribution >= 4 is 28.5 Å². The number of benzene rings is 1. The number of hydrogen-bond donors (Lipinski definition) is 2. The van der Waals surface area contributed by atoms with Crippen molar-refractivity contribution in [1.82, 2.24) is 9.55 Å². The summed E-state index contributed by atoms with van der Waals surface area (Å²) in [6.45, 7) is 3.33. The Bertz CT molecular complexity index is 1460. The highest BCUT2D eigenvalue weighted by molar-refractivity contribution is 6.05. The predicted molar refractivity (Wildman–Crippen MR) is 120 cm³/mol. The first-order chi connectivity index (χ1) is 16.3. The molecule has 5 rings (SSSR count). The fourth-order valence-electron chi connectivity index (χ4n) is 4.80. The molecular formula is C24H22FN3O6. The fourth-order valence-corrected chi connectivity index (χ4v) is 4.80. The number of aliphatic hydroxyl groups excluding tert-OH is 1. The number of aromatic nitrogens is 2. The molecule has 10 heteroatoms. The summed E-state index contributed by atoms with van der Waals surface area (Å²) in [5.74, 6) is -1.77. The Morgan fingerprint density at radius 2 is 2.12 bits per heavy atom. The van der Waals surface area contributed by atoms with Gasteiger partial charge in [-0.2, -0.15) is 0 Å². The van der Waals surface area contributed by atoms with Gasteiger partial charge in [-0.1, -0.05) is 6.92 Å². The largest absolute Gasteiger partial charge is 0.458 e. The van der Waals surface area contributed by atoms with Crippen molar-refractivity contribution in [3.05, 3.63) is 56.1 Å². The van der Waals surface area contributed by atoms with E-state index < -0.39 is 23.8 Å². The van der Waals surface area contributed by atoms with Gasteiger partial charge in [-0.05, 0) is 25.0 Å². The number of nitrogens with zero attached hydrogens (tertiary/aromatic N) is 2. The average molecular weight is 467 g/mol. The van der Waals surface area contributed by atoms with E-state index in [2.05, 4.69) is 10.3 Å². The number of anilines is 1. The molecule has 176 valence electrons. The molecule has 0 aliphatic carbocycles. The zero-order valence-corrected chi connectivity index (χ0v) is 18.8. The lowest BCUT2D eigenvalue weighted by molar-refractivity contribution is -0.157. The monoisotopic (exact) mass is 467 g/mol. The maximum atomic E-state index is 14.9. The van der Waals surface area contributed by atoms with Gasteiger partial charge in [0, 0.05) is 35.3 Å². The van der Waals surface area contributed by atoms with Crippen molar-refractivity contribution < 1.29 is 28.6 Å². The summed E-state index contributed by atoms with van der Waals surface area (Å²) in [5, 5.41) is 13.6. The molecule has 34 heavy (non-hydrogen) atoms. The Hall–Kier alpha value is -3.63. The maximum absolute atomic E-state index is 14.9. The number of nitrogens with one attached hydrogen (secondary N) is 1. The third kappa shape index (κ3) is 3.13. The summed E-state index contributed by atoms with van der Waals surface area (Å²) >= 11 is 0.